The highest BCUT2D eigenvalue weighted by atomic mass is 35.5. The summed E-state index contributed by atoms with van der Waals surface area (Å²) >= 11 is 7.68. The topological polar surface area (TPSA) is 37.8 Å². The van der Waals surface area contributed by atoms with Crippen molar-refractivity contribution in [2.75, 3.05) is 5.32 Å². The summed E-state index contributed by atoms with van der Waals surface area (Å²) in [5.41, 5.74) is 0. The van der Waals surface area contributed by atoms with Gasteiger partial charge in [-0.25, -0.2) is 9.97 Å². The average Bonchev–Trinajstić information content (AvgIpc) is 2.58. The van der Waals surface area contributed by atoms with Gasteiger partial charge < -0.3 is 5.32 Å². The maximum Gasteiger partial charge on any atom is 0.138 e. The number of fused-ring (bicyclic) bond motifs is 1. The quantitative estimate of drug-likeness (QED) is 0.858. The fourth-order valence-electron chi connectivity index (χ4n) is 1.87. The molecule has 0 spiro atoms. The monoisotopic (exact) mass is 269 g/mol. The fourth-order valence-corrected chi connectivity index (χ4v) is 2.98. The number of nitrogens with one attached hydrogen (secondary N) is 1. The molecule has 0 radical (unpaired) electrons. The molecule has 17 heavy (non-hydrogen) atoms. The van der Waals surface area contributed by atoms with Gasteiger partial charge in [0.15, 0.2) is 0 Å². The van der Waals surface area contributed by atoms with Crippen LogP contribution < -0.4 is 5.32 Å². The molecule has 92 valence electrons. The average molecular weight is 270 g/mol. The molecule has 0 amide bonds. The van der Waals surface area contributed by atoms with E-state index in [1.165, 1.54) is 4.88 Å². The van der Waals surface area contributed by atoms with Crippen molar-refractivity contribution >= 4 is 39.0 Å². The first kappa shape index (κ1) is 12.6. The molecular weight excluding hydrogens is 254 g/mol. The Morgan fingerprint density at radius 3 is 2.88 bits per heavy atom. The third kappa shape index (κ3) is 3.07. The molecule has 2 unspecified atom stereocenters. The van der Waals surface area contributed by atoms with E-state index in [1.54, 1.807) is 17.7 Å². The Bertz CT molecular complexity index is 509. The van der Waals surface area contributed by atoms with Crippen molar-refractivity contribution in [3.05, 3.63) is 17.3 Å². The fraction of sp³-hybridized carbons (Fsp3) is 0.500. The lowest BCUT2D eigenvalue weighted by atomic mass is 10.2. The second kappa shape index (κ2) is 5.19. The molecule has 0 fully saturated rings. The molecule has 2 atom stereocenters. The Kier molecular flexibility index (Phi) is 3.84. The van der Waals surface area contributed by atoms with Crippen molar-refractivity contribution in [1.29, 1.82) is 0 Å². The van der Waals surface area contributed by atoms with E-state index in [2.05, 4.69) is 35.2 Å². The number of thiophene rings is 1. The highest BCUT2D eigenvalue weighted by Crippen LogP contribution is 2.28. The van der Waals surface area contributed by atoms with Crippen molar-refractivity contribution in [3.63, 3.8) is 0 Å². The molecule has 0 saturated heterocycles. The standard InChI is InChI=1S/C12H16ClN3S/c1-7(13)4-8(2)16-11-10-5-9(3)17-12(10)15-6-14-11/h5-8H,4H2,1-3H3,(H,14,15,16). The lowest BCUT2D eigenvalue weighted by molar-refractivity contribution is 0.694. The van der Waals surface area contributed by atoms with Crippen LogP contribution in [0.15, 0.2) is 12.4 Å². The second-order valence-corrected chi connectivity index (χ2v) is 6.34. The number of halogens is 1. The summed E-state index contributed by atoms with van der Waals surface area (Å²) in [4.78, 5) is 10.9. The summed E-state index contributed by atoms with van der Waals surface area (Å²) < 4.78 is 0. The molecule has 3 nitrogen and oxygen atoms in total. The number of hydrogen-bond acceptors (Lipinski definition) is 4. The first-order valence-electron chi connectivity index (χ1n) is 5.68. The van der Waals surface area contributed by atoms with Crippen molar-refractivity contribution in [2.24, 2.45) is 0 Å². The minimum Gasteiger partial charge on any atom is -0.367 e. The zero-order chi connectivity index (χ0) is 12.4. The van der Waals surface area contributed by atoms with E-state index in [4.69, 9.17) is 11.6 Å². The van der Waals surface area contributed by atoms with Gasteiger partial charge in [-0.1, -0.05) is 0 Å². The molecule has 0 aliphatic carbocycles. The third-order valence-electron chi connectivity index (χ3n) is 2.51. The van der Waals surface area contributed by atoms with E-state index < -0.39 is 0 Å². The highest BCUT2D eigenvalue weighted by Gasteiger charge is 2.11. The number of nitrogens with zero attached hydrogens (tertiary/aromatic N) is 2. The first-order chi connectivity index (χ1) is 8.06. The van der Waals surface area contributed by atoms with Crippen LogP contribution in [0.25, 0.3) is 10.2 Å². The van der Waals surface area contributed by atoms with Crippen LogP contribution in [0.1, 0.15) is 25.1 Å². The van der Waals surface area contributed by atoms with E-state index in [0.717, 1.165) is 22.5 Å². The molecule has 0 aliphatic heterocycles. The molecule has 0 aromatic carbocycles. The molecule has 1 N–H and O–H groups in total. The molecule has 0 aliphatic rings. The maximum atomic E-state index is 5.99. The number of aromatic nitrogens is 2. The number of alkyl halides is 1. The Morgan fingerprint density at radius 2 is 2.18 bits per heavy atom. The lowest BCUT2D eigenvalue weighted by Gasteiger charge is -2.15. The van der Waals surface area contributed by atoms with Gasteiger partial charge in [-0.15, -0.1) is 22.9 Å². The van der Waals surface area contributed by atoms with Gasteiger partial charge in [0.1, 0.15) is 17.0 Å². The van der Waals surface area contributed by atoms with Crippen LogP contribution in [0, 0.1) is 6.92 Å². The van der Waals surface area contributed by atoms with E-state index in [-0.39, 0.29) is 5.38 Å². The summed E-state index contributed by atoms with van der Waals surface area (Å²) in [5.74, 6) is 0.907. The van der Waals surface area contributed by atoms with Crippen LogP contribution in [0.2, 0.25) is 0 Å². The van der Waals surface area contributed by atoms with Gasteiger partial charge in [0.25, 0.3) is 0 Å². The smallest absolute Gasteiger partial charge is 0.138 e. The molecule has 5 heteroatoms. The second-order valence-electron chi connectivity index (χ2n) is 4.36. The number of anilines is 1. The van der Waals surface area contributed by atoms with Crippen LogP contribution >= 0.6 is 22.9 Å². The minimum atomic E-state index is 0.166. The molecular formula is C12H16ClN3S. The van der Waals surface area contributed by atoms with Gasteiger partial charge in [-0.2, -0.15) is 0 Å². The first-order valence-corrected chi connectivity index (χ1v) is 6.93. The number of rotatable bonds is 4. The molecule has 0 bridgehead atoms. The largest absolute Gasteiger partial charge is 0.367 e. The Balaban J connectivity index is 2.23. The van der Waals surface area contributed by atoms with E-state index in [1.807, 2.05) is 6.92 Å². The lowest BCUT2D eigenvalue weighted by Crippen LogP contribution is -2.19. The molecule has 0 saturated carbocycles. The normalized spacial score (nSPS) is 14.8. The van der Waals surface area contributed by atoms with Gasteiger partial charge in [0.2, 0.25) is 0 Å². The third-order valence-corrected chi connectivity index (χ3v) is 3.65. The van der Waals surface area contributed by atoms with Crippen LogP contribution in [0.4, 0.5) is 5.82 Å². The summed E-state index contributed by atoms with van der Waals surface area (Å²) in [7, 11) is 0. The van der Waals surface area contributed by atoms with Crippen LogP contribution in [0.3, 0.4) is 0 Å². The van der Waals surface area contributed by atoms with Crippen LogP contribution in [-0.2, 0) is 0 Å². The number of hydrogen-bond donors (Lipinski definition) is 1. The predicted octanol–water partition coefficient (Wildman–Crippen LogP) is 3.82. The van der Waals surface area contributed by atoms with Crippen molar-refractivity contribution in [1.82, 2.24) is 9.97 Å². The van der Waals surface area contributed by atoms with E-state index in [9.17, 15) is 0 Å². The van der Waals surface area contributed by atoms with Gasteiger partial charge in [0.05, 0.1) is 5.39 Å². The zero-order valence-electron chi connectivity index (χ0n) is 10.2. The van der Waals surface area contributed by atoms with Crippen LogP contribution in [0.5, 0.6) is 0 Å². The highest BCUT2D eigenvalue weighted by molar-refractivity contribution is 7.18. The number of aryl methyl sites for hydroxylation is 1. The molecule has 2 aromatic rings. The van der Waals surface area contributed by atoms with E-state index >= 15 is 0 Å². The molecule has 2 aromatic heterocycles. The zero-order valence-corrected chi connectivity index (χ0v) is 11.8. The van der Waals surface area contributed by atoms with Gasteiger partial charge in [0, 0.05) is 16.3 Å². The molecule has 2 heterocycles. The van der Waals surface area contributed by atoms with Gasteiger partial charge >= 0.3 is 0 Å². The Hall–Kier alpha value is -0.870. The van der Waals surface area contributed by atoms with Gasteiger partial charge in [-0.3, -0.25) is 0 Å². The molecule has 2 rings (SSSR count). The van der Waals surface area contributed by atoms with E-state index in [0.29, 0.717) is 6.04 Å². The van der Waals surface area contributed by atoms with Gasteiger partial charge in [-0.05, 0) is 33.3 Å². The SMILES string of the molecule is Cc1cc2c(NC(C)CC(C)Cl)ncnc2s1. The summed E-state index contributed by atoms with van der Waals surface area (Å²) in [5, 5.41) is 4.67. The Labute approximate surface area is 110 Å². The Morgan fingerprint density at radius 1 is 1.41 bits per heavy atom. The summed E-state index contributed by atoms with van der Waals surface area (Å²) in [6.45, 7) is 6.20. The van der Waals surface area contributed by atoms with Crippen molar-refractivity contribution in [3.8, 4) is 0 Å². The maximum absolute atomic E-state index is 5.99. The summed E-state index contributed by atoms with van der Waals surface area (Å²) in [6, 6.07) is 2.43. The van der Waals surface area contributed by atoms with Crippen molar-refractivity contribution in [2.45, 2.75) is 38.6 Å². The predicted molar refractivity (Wildman–Crippen MR) is 75.2 cm³/mol. The van der Waals surface area contributed by atoms with Crippen molar-refractivity contribution < 1.29 is 0 Å². The van der Waals surface area contributed by atoms with Crippen LogP contribution in [-0.4, -0.2) is 21.4 Å². The minimum absolute atomic E-state index is 0.166. The summed E-state index contributed by atoms with van der Waals surface area (Å²) in [6.07, 6.45) is 2.52.